The van der Waals surface area contributed by atoms with Crippen LogP contribution in [-0.2, 0) is 11.3 Å². The minimum atomic E-state index is 0.0376. The summed E-state index contributed by atoms with van der Waals surface area (Å²) in [5, 5.41) is 0.684. The summed E-state index contributed by atoms with van der Waals surface area (Å²) < 4.78 is 8.12. The molecule has 3 aromatic carbocycles. The quantitative estimate of drug-likeness (QED) is 0.416. The monoisotopic (exact) mass is 431 g/mol. The Morgan fingerprint density at radius 3 is 2.52 bits per heavy atom. The second-order valence-electron chi connectivity index (χ2n) is 7.65. The third-order valence-corrected chi connectivity index (χ3v) is 5.89. The average Bonchev–Trinajstić information content (AvgIpc) is 3.36. The second kappa shape index (κ2) is 8.44. The van der Waals surface area contributed by atoms with Gasteiger partial charge in [-0.25, -0.2) is 4.98 Å². The number of hydrogen-bond acceptors (Lipinski definition) is 3. The molecule has 31 heavy (non-hydrogen) atoms. The summed E-state index contributed by atoms with van der Waals surface area (Å²) in [5.41, 5.74) is 2.93. The molecule has 6 heteroatoms. The molecule has 1 aliphatic rings. The van der Waals surface area contributed by atoms with Crippen LogP contribution in [0.5, 0.6) is 5.75 Å². The van der Waals surface area contributed by atoms with E-state index in [0.717, 1.165) is 28.3 Å². The van der Waals surface area contributed by atoms with Gasteiger partial charge in [0.1, 0.15) is 18.2 Å². The highest BCUT2D eigenvalue weighted by atomic mass is 35.5. The smallest absolute Gasteiger partial charge is 0.227 e. The number of nitrogens with zero attached hydrogens (tertiary/aromatic N) is 3. The Balaban J connectivity index is 1.40. The summed E-state index contributed by atoms with van der Waals surface area (Å²) in [6, 6.07) is 25.3. The fourth-order valence-corrected chi connectivity index (χ4v) is 4.29. The van der Waals surface area contributed by atoms with Crippen molar-refractivity contribution in [1.29, 1.82) is 0 Å². The van der Waals surface area contributed by atoms with Gasteiger partial charge in [0.15, 0.2) is 0 Å². The first kappa shape index (κ1) is 19.6. The second-order valence-corrected chi connectivity index (χ2v) is 8.09. The number of anilines is 1. The Kier molecular flexibility index (Phi) is 5.35. The topological polar surface area (TPSA) is 47.4 Å². The molecule has 1 fully saturated rings. The molecule has 5 nitrogen and oxygen atoms in total. The van der Waals surface area contributed by atoms with Crippen molar-refractivity contribution in [3.05, 3.63) is 89.7 Å². The molecule has 4 aromatic rings. The maximum Gasteiger partial charge on any atom is 0.227 e. The van der Waals surface area contributed by atoms with Crippen LogP contribution in [0.1, 0.15) is 18.2 Å². The Hall–Kier alpha value is -3.31. The summed E-state index contributed by atoms with van der Waals surface area (Å²) >= 11 is 5.95. The van der Waals surface area contributed by atoms with Gasteiger partial charge in [-0.05, 0) is 48.5 Å². The van der Waals surface area contributed by atoms with Gasteiger partial charge in [0.2, 0.25) is 5.91 Å². The van der Waals surface area contributed by atoms with Crippen molar-refractivity contribution in [3.8, 4) is 5.75 Å². The average molecular weight is 432 g/mol. The molecule has 1 amide bonds. The lowest BCUT2D eigenvalue weighted by molar-refractivity contribution is -0.117. The van der Waals surface area contributed by atoms with E-state index in [4.69, 9.17) is 21.3 Å². The number of rotatable bonds is 6. The van der Waals surface area contributed by atoms with Gasteiger partial charge < -0.3 is 14.2 Å². The molecule has 0 aliphatic carbocycles. The molecule has 0 bridgehead atoms. The molecule has 0 unspecified atom stereocenters. The number of carbonyl (C=O) groups is 1. The highest BCUT2D eigenvalue weighted by Crippen LogP contribution is 2.33. The van der Waals surface area contributed by atoms with Crippen LogP contribution in [0.15, 0.2) is 78.9 Å². The first-order valence-electron chi connectivity index (χ1n) is 10.4. The Bertz CT molecular complexity index is 1200. The fourth-order valence-electron chi connectivity index (χ4n) is 4.16. The van der Waals surface area contributed by atoms with Gasteiger partial charge in [0.05, 0.1) is 17.6 Å². The number of halogens is 1. The van der Waals surface area contributed by atoms with E-state index in [2.05, 4.69) is 10.6 Å². The molecule has 5 rings (SSSR count). The number of hydrogen-bond donors (Lipinski definition) is 0. The lowest BCUT2D eigenvalue weighted by Gasteiger charge is -2.17. The zero-order valence-corrected chi connectivity index (χ0v) is 17.7. The van der Waals surface area contributed by atoms with Crippen LogP contribution in [0.3, 0.4) is 0 Å². The summed E-state index contributed by atoms with van der Waals surface area (Å²) in [6.07, 6.45) is 0.455. The van der Waals surface area contributed by atoms with Crippen molar-refractivity contribution in [1.82, 2.24) is 9.55 Å². The third kappa shape index (κ3) is 4.01. The number of imidazole rings is 1. The van der Waals surface area contributed by atoms with Crippen molar-refractivity contribution < 1.29 is 9.53 Å². The van der Waals surface area contributed by atoms with Gasteiger partial charge in [-0.15, -0.1) is 0 Å². The largest absolute Gasteiger partial charge is 0.492 e. The molecule has 156 valence electrons. The first-order valence-corrected chi connectivity index (χ1v) is 10.8. The maximum atomic E-state index is 12.8. The van der Waals surface area contributed by atoms with Crippen LogP contribution in [0.4, 0.5) is 5.69 Å². The van der Waals surface area contributed by atoms with Crippen molar-refractivity contribution >= 4 is 34.2 Å². The van der Waals surface area contributed by atoms with Gasteiger partial charge in [0, 0.05) is 29.6 Å². The van der Waals surface area contributed by atoms with E-state index in [1.807, 2.05) is 77.7 Å². The number of ether oxygens (including phenoxy) is 1. The first-order chi connectivity index (χ1) is 15.2. The standard InChI is InChI=1S/C25H22ClN3O2/c26-19-10-12-21(13-11-19)31-15-14-28-23-9-5-4-8-22(23)27-25(28)18-16-24(30)29(17-18)20-6-2-1-3-7-20/h1-13,18H,14-17H2/t18-/m0/s1. The number of fused-ring (bicyclic) bond motifs is 1. The predicted molar refractivity (Wildman–Crippen MR) is 123 cm³/mol. The van der Waals surface area contributed by atoms with Crippen molar-refractivity contribution in [3.63, 3.8) is 0 Å². The molecule has 1 aliphatic heterocycles. The van der Waals surface area contributed by atoms with E-state index in [0.29, 0.717) is 31.1 Å². The molecule has 1 aromatic heterocycles. The van der Waals surface area contributed by atoms with E-state index < -0.39 is 0 Å². The summed E-state index contributed by atoms with van der Waals surface area (Å²) in [6.45, 7) is 1.77. The van der Waals surface area contributed by atoms with Crippen molar-refractivity contribution in [2.24, 2.45) is 0 Å². The van der Waals surface area contributed by atoms with E-state index in [1.54, 1.807) is 0 Å². The minimum absolute atomic E-state index is 0.0376. The van der Waals surface area contributed by atoms with E-state index in [-0.39, 0.29) is 11.8 Å². The zero-order valence-electron chi connectivity index (χ0n) is 16.9. The Morgan fingerprint density at radius 1 is 0.968 bits per heavy atom. The van der Waals surface area contributed by atoms with Crippen molar-refractivity contribution in [2.75, 3.05) is 18.1 Å². The molecular weight excluding hydrogens is 410 g/mol. The van der Waals surface area contributed by atoms with Gasteiger partial charge >= 0.3 is 0 Å². The van der Waals surface area contributed by atoms with Crippen LogP contribution in [-0.4, -0.2) is 28.6 Å². The SMILES string of the molecule is O=C1C[C@H](c2nc3ccccc3n2CCOc2ccc(Cl)cc2)CN1c1ccccc1. The van der Waals surface area contributed by atoms with Gasteiger partial charge in [0.25, 0.3) is 0 Å². The Morgan fingerprint density at radius 2 is 1.71 bits per heavy atom. The fraction of sp³-hybridized carbons (Fsp3) is 0.200. The number of carbonyl (C=O) groups excluding carboxylic acids is 1. The highest BCUT2D eigenvalue weighted by molar-refractivity contribution is 6.30. The third-order valence-electron chi connectivity index (χ3n) is 5.64. The maximum absolute atomic E-state index is 12.8. The van der Waals surface area contributed by atoms with Crippen LogP contribution < -0.4 is 9.64 Å². The molecule has 0 spiro atoms. The summed E-state index contributed by atoms with van der Waals surface area (Å²) in [7, 11) is 0. The van der Waals surface area contributed by atoms with E-state index in [9.17, 15) is 4.79 Å². The number of para-hydroxylation sites is 3. The molecule has 0 N–H and O–H groups in total. The van der Waals surface area contributed by atoms with Crippen molar-refractivity contribution in [2.45, 2.75) is 18.9 Å². The number of benzene rings is 3. The molecule has 1 saturated heterocycles. The zero-order chi connectivity index (χ0) is 21.2. The van der Waals surface area contributed by atoms with E-state index in [1.165, 1.54) is 0 Å². The highest BCUT2D eigenvalue weighted by Gasteiger charge is 2.34. The Labute approximate surface area is 185 Å². The molecule has 0 saturated carbocycles. The predicted octanol–water partition coefficient (Wildman–Crippen LogP) is 5.29. The minimum Gasteiger partial charge on any atom is -0.492 e. The normalized spacial score (nSPS) is 16.2. The summed E-state index contributed by atoms with van der Waals surface area (Å²) in [5.74, 6) is 1.89. The lowest BCUT2D eigenvalue weighted by Crippen LogP contribution is -2.24. The molecule has 2 heterocycles. The number of amides is 1. The van der Waals surface area contributed by atoms with Gasteiger partial charge in [-0.2, -0.15) is 0 Å². The van der Waals surface area contributed by atoms with E-state index >= 15 is 0 Å². The summed E-state index contributed by atoms with van der Waals surface area (Å²) in [4.78, 5) is 19.5. The lowest BCUT2D eigenvalue weighted by atomic mass is 10.1. The van der Waals surface area contributed by atoms with Gasteiger partial charge in [-0.3, -0.25) is 4.79 Å². The van der Waals surface area contributed by atoms with Crippen LogP contribution >= 0.6 is 11.6 Å². The molecule has 0 radical (unpaired) electrons. The van der Waals surface area contributed by atoms with Crippen LogP contribution in [0.2, 0.25) is 5.02 Å². The molecular formula is C25H22ClN3O2. The number of aromatic nitrogens is 2. The van der Waals surface area contributed by atoms with Gasteiger partial charge in [-0.1, -0.05) is 41.9 Å². The molecule has 1 atom stereocenters. The van der Waals surface area contributed by atoms with Crippen LogP contribution in [0, 0.1) is 0 Å². The van der Waals surface area contributed by atoms with Crippen LogP contribution in [0.25, 0.3) is 11.0 Å².